The minimum Gasteiger partial charge on any atom is -0.349 e. The Morgan fingerprint density at radius 1 is 1.21 bits per heavy atom. The van der Waals surface area contributed by atoms with Crippen molar-refractivity contribution in [3.05, 3.63) is 65.0 Å². The number of carbonyl (C=O) groups excluding carboxylic acids is 1. The van der Waals surface area contributed by atoms with E-state index in [4.69, 9.17) is 0 Å². The van der Waals surface area contributed by atoms with Crippen molar-refractivity contribution in [3.63, 3.8) is 0 Å². The average molecular weight is 319 g/mol. The highest BCUT2D eigenvalue weighted by atomic mass is 16.1. The van der Waals surface area contributed by atoms with Crippen LogP contribution in [-0.2, 0) is 12.8 Å². The SMILES string of the molecule is Cc1nc2ccc(C(=O)NC3CCCc4ccccc4C3)cc2[nH]1. The molecule has 0 aliphatic heterocycles. The monoisotopic (exact) mass is 319 g/mol. The summed E-state index contributed by atoms with van der Waals surface area (Å²) in [6, 6.07) is 14.4. The van der Waals surface area contributed by atoms with E-state index in [0.29, 0.717) is 5.56 Å². The molecule has 0 bridgehead atoms. The number of H-pyrrole nitrogens is 1. The number of hydrogen-bond acceptors (Lipinski definition) is 2. The first-order valence-electron chi connectivity index (χ1n) is 8.53. The smallest absolute Gasteiger partial charge is 0.251 e. The number of rotatable bonds is 2. The summed E-state index contributed by atoms with van der Waals surface area (Å²) in [6.07, 6.45) is 4.14. The average Bonchev–Trinajstić information content (AvgIpc) is 2.82. The van der Waals surface area contributed by atoms with Crippen LogP contribution in [0.2, 0.25) is 0 Å². The lowest BCUT2D eigenvalue weighted by Crippen LogP contribution is -2.36. The molecular formula is C20H21N3O. The fourth-order valence-electron chi connectivity index (χ4n) is 3.58. The van der Waals surface area contributed by atoms with Gasteiger partial charge in [-0.05, 0) is 61.9 Å². The van der Waals surface area contributed by atoms with Crippen molar-refractivity contribution in [1.29, 1.82) is 0 Å². The van der Waals surface area contributed by atoms with Crippen LogP contribution in [0.15, 0.2) is 42.5 Å². The molecule has 3 aromatic rings. The normalized spacial score (nSPS) is 17.3. The van der Waals surface area contributed by atoms with Gasteiger partial charge in [-0.1, -0.05) is 24.3 Å². The number of aromatic amines is 1. The highest BCUT2D eigenvalue weighted by molar-refractivity contribution is 5.97. The van der Waals surface area contributed by atoms with Gasteiger partial charge in [0.25, 0.3) is 5.91 Å². The van der Waals surface area contributed by atoms with Crippen molar-refractivity contribution < 1.29 is 4.79 Å². The van der Waals surface area contributed by atoms with Crippen molar-refractivity contribution in [2.45, 2.75) is 38.6 Å². The fourth-order valence-corrected chi connectivity index (χ4v) is 3.58. The van der Waals surface area contributed by atoms with Crippen LogP contribution in [0.3, 0.4) is 0 Å². The van der Waals surface area contributed by atoms with Gasteiger partial charge in [0.2, 0.25) is 0 Å². The predicted octanol–water partition coefficient (Wildman–Crippen LogP) is 3.55. The Labute approximate surface area is 141 Å². The van der Waals surface area contributed by atoms with Gasteiger partial charge in [-0.2, -0.15) is 0 Å². The van der Waals surface area contributed by atoms with Crippen LogP contribution in [-0.4, -0.2) is 21.9 Å². The second-order valence-corrected chi connectivity index (χ2v) is 6.59. The molecule has 24 heavy (non-hydrogen) atoms. The molecule has 0 fully saturated rings. The second kappa shape index (κ2) is 6.11. The van der Waals surface area contributed by atoms with Gasteiger partial charge < -0.3 is 10.3 Å². The maximum absolute atomic E-state index is 12.6. The van der Waals surface area contributed by atoms with Crippen LogP contribution in [0, 0.1) is 6.92 Å². The van der Waals surface area contributed by atoms with Crippen molar-refractivity contribution in [2.24, 2.45) is 0 Å². The Bertz CT molecular complexity index is 897. The number of fused-ring (bicyclic) bond motifs is 2. The molecule has 0 saturated carbocycles. The summed E-state index contributed by atoms with van der Waals surface area (Å²) in [5, 5.41) is 3.21. The molecule has 1 heterocycles. The molecule has 1 aromatic heterocycles. The molecule has 1 atom stereocenters. The van der Waals surface area contributed by atoms with Crippen LogP contribution in [0.4, 0.5) is 0 Å². The lowest BCUT2D eigenvalue weighted by molar-refractivity contribution is 0.0935. The Balaban J connectivity index is 1.52. The third-order valence-electron chi connectivity index (χ3n) is 4.78. The van der Waals surface area contributed by atoms with Gasteiger partial charge in [0.15, 0.2) is 0 Å². The van der Waals surface area contributed by atoms with Crippen LogP contribution in [0.25, 0.3) is 11.0 Å². The number of hydrogen-bond donors (Lipinski definition) is 2. The number of benzene rings is 2. The molecule has 0 spiro atoms. The van der Waals surface area contributed by atoms with Crippen LogP contribution < -0.4 is 5.32 Å². The Kier molecular flexibility index (Phi) is 3.81. The van der Waals surface area contributed by atoms with Crippen LogP contribution >= 0.6 is 0 Å². The molecule has 4 heteroatoms. The van der Waals surface area contributed by atoms with E-state index in [2.05, 4.69) is 39.6 Å². The van der Waals surface area contributed by atoms with Gasteiger partial charge in [0.05, 0.1) is 11.0 Å². The van der Waals surface area contributed by atoms with Gasteiger partial charge in [-0.15, -0.1) is 0 Å². The zero-order valence-corrected chi connectivity index (χ0v) is 13.8. The van der Waals surface area contributed by atoms with E-state index >= 15 is 0 Å². The van der Waals surface area contributed by atoms with Crippen LogP contribution in [0.1, 0.15) is 40.2 Å². The largest absolute Gasteiger partial charge is 0.349 e. The summed E-state index contributed by atoms with van der Waals surface area (Å²) in [5.41, 5.74) is 5.27. The quantitative estimate of drug-likeness (QED) is 0.710. The summed E-state index contributed by atoms with van der Waals surface area (Å²) in [5.74, 6) is 0.858. The lowest BCUT2D eigenvalue weighted by atomic mass is 10.0. The number of carbonyl (C=O) groups is 1. The number of imidazole rings is 1. The maximum atomic E-state index is 12.6. The summed E-state index contributed by atoms with van der Waals surface area (Å²) in [6.45, 7) is 1.92. The summed E-state index contributed by atoms with van der Waals surface area (Å²) < 4.78 is 0. The molecule has 1 aliphatic carbocycles. The molecule has 4 rings (SSSR count). The van der Waals surface area contributed by atoms with Gasteiger partial charge in [-0.25, -0.2) is 4.98 Å². The van der Waals surface area contributed by atoms with E-state index in [1.165, 1.54) is 11.1 Å². The molecule has 0 radical (unpaired) electrons. The van der Waals surface area contributed by atoms with Gasteiger partial charge in [0, 0.05) is 11.6 Å². The molecule has 0 saturated heterocycles. The van der Waals surface area contributed by atoms with E-state index < -0.39 is 0 Å². The van der Waals surface area contributed by atoms with Crippen LogP contribution in [0.5, 0.6) is 0 Å². The summed E-state index contributed by atoms with van der Waals surface area (Å²) in [4.78, 5) is 20.2. The first-order valence-corrected chi connectivity index (χ1v) is 8.53. The zero-order chi connectivity index (χ0) is 16.5. The predicted molar refractivity (Wildman–Crippen MR) is 95.2 cm³/mol. The number of nitrogens with one attached hydrogen (secondary N) is 2. The molecular weight excluding hydrogens is 298 g/mol. The second-order valence-electron chi connectivity index (χ2n) is 6.59. The number of aryl methyl sites for hydroxylation is 2. The highest BCUT2D eigenvalue weighted by Crippen LogP contribution is 2.21. The standard InChI is InChI=1S/C20H21N3O/c1-13-21-18-10-9-16(12-19(18)22-13)20(24)23-17-8-4-7-14-5-2-3-6-15(14)11-17/h2-3,5-6,9-10,12,17H,4,7-8,11H2,1H3,(H,21,22)(H,23,24). The number of amides is 1. The van der Waals surface area contributed by atoms with E-state index in [-0.39, 0.29) is 11.9 Å². The number of aromatic nitrogens is 2. The van der Waals surface area contributed by atoms with E-state index in [1.54, 1.807) is 0 Å². The minimum absolute atomic E-state index is 0.00599. The molecule has 122 valence electrons. The molecule has 1 amide bonds. The van der Waals surface area contributed by atoms with Gasteiger partial charge in [-0.3, -0.25) is 4.79 Å². The minimum atomic E-state index is -0.00599. The van der Waals surface area contributed by atoms with Crippen molar-refractivity contribution >= 4 is 16.9 Å². The highest BCUT2D eigenvalue weighted by Gasteiger charge is 2.19. The third-order valence-corrected chi connectivity index (χ3v) is 4.78. The first kappa shape index (κ1) is 14.9. The molecule has 1 unspecified atom stereocenters. The van der Waals surface area contributed by atoms with Gasteiger partial charge >= 0.3 is 0 Å². The Morgan fingerprint density at radius 3 is 2.92 bits per heavy atom. The molecule has 2 N–H and O–H groups in total. The Hall–Kier alpha value is -2.62. The third kappa shape index (κ3) is 2.92. The fraction of sp³-hybridized carbons (Fsp3) is 0.300. The Morgan fingerprint density at radius 2 is 2.04 bits per heavy atom. The van der Waals surface area contributed by atoms with Gasteiger partial charge in [0.1, 0.15) is 5.82 Å². The van der Waals surface area contributed by atoms with E-state index in [9.17, 15) is 4.79 Å². The van der Waals surface area contributed by atoms with Crippen molar-refractivity contribution in [1.82, 2.24) is 15.3 Å². The molecule has 1 aliphatic rings. The first-order chi connectivity index (χ1) is 11.7. The number of nitrogens with zero attached hydrogens (tertiary/aromatic N) is 1. The van der Waals surface area contributed by atoms with Crippen molar-refractivity contribution in [2.75, 3.05) is 0 Å². The maximum Gasteiger partial charge on any atom is 0.251 e. The molecule has 4 nitrogen and oxygen atoms in total. The summed E-state index contributed by atoms with van der Waals surface area (Å²) >= 11 is 0. The summed E-state index contributed by atoms with van der Waals surface area (Å²) in [7, 11) is 0. The topological polar surface area (TPSA) is 57.8 Å². The lowest BCUT2D eigenvalue weighted by Gasteiger charge is -2.17. The van der Waals surface area contributed by atoms with E-state index in [0.717, 1.165) is 42.5 Å². The molecule has 2 aromatic carbocycles. The zero-order valence-electron chi connectivity index (χ0n) is 13.8. The van der Waals surface area contributed by atoms with Crippen molar-refractivity contribution in [3.8, 4) is 0 Å². The van der Waals surface area contributed by atoms with E-state index in [1.807, 2.05) is 25.1 Å².